The Bertz CT molecular complexity index is 1220. The van der Waals surface area contributed by atoms with Crippen molar-refractivity contribution in [3.63, 3.8) is 0 Å². The molecule has 0 radical (unpaired) electrons. The molecule has 1 atom stereocenters. The number of carbonyl (C=O) groups is 1. The van der Waals surface area contributed by atoms with Gasteiger partial charge in [0.15, 0.2) is 11.5 Å². The smallest absolute Gasteiger partial charge is 0.262 e. The van der Waals surface area contributed by atoms with Crippen LogP contribution in [-0.2, 0) is 11.4 Å². The second-order valence-electron chi connectivity index (χ2n) is 7.82. The highest BCUT2D eigenvalue weighted by Gasteiger charge is 2.16. The van der Waals surface area contributed by atoms with Gasteiger partial charge < -0.3 is 14.8 Å². The van der Waals surface area contributed by atoms with Crippen LogP contribution in [0.5, 0.6) is 11.5 Å². The van der Waals surface area contributed by atoms with E-state index >= 15 is 0 Å². The first-order valence-electron chi connectivity index (χ1n) is 11.0. The minimum Gasteiger partial charge on any atom is -0.490 e. The number of hydrogen-bond acceptors (Lipinski definition) is 4. The highest BCUT2D eigenvalue weighted by molar-refractivity contribution is 9.10. The van der Waals surface area contributed by atoms with Crippen molar-refractivity contribution in [2.75, 3.05) is 6.61 Å². The van der Waals surface area contributed by atoms with Crippen LogP contribution in [0.4, 0.5) is 0 Å². The molecule has 0 spiro atoms. The molecule has 34 heavy (non-hydrogen) atoms. The fourth-order valence-electron chi connectivity index (χ4n) is 3.45. The van der Waals surface area contributed by atoms with Gasteiger partial charge in [0.2, 0.25) is 0 Å². The Hall–Kier alpha value is -3.56. The molecular weight excluding hydrogens is 492 g/mol. The number of hydrogen-bond donors (Lipinski definition) is 1. The van der Waals surface area contributed by atoms with Gasteiger partial charge in [-0.05, 0) is 71.6 Å². The number of ether oxygens (including phenoxy) is 2. The van der Waals surface area contributed by atoms with Crippen LogP contribution in [0.3, 0.4) is 0 Å². The predicted molar refractivity (Wildman–Crippen MR) is 137 cm³/mol. The minimum absolute atomic E-state index is 0.00515. The van der Waals surface area contributed by atoms with E-state index in [1.165, 1.54) is 0 Å². The van der Waals surface area contributed by atoms with Crippen molar-refractivity contribution in [1.29, 1.82) is 5.26 Å². The monoisotopic (exact) mass is 518 g/mol. The molecule has 174 valence electrons. The van der Waals surface area contributed by atoms with Gasteiger partial charge >= 0.3 is 0 Å². The van der Waals surface area contributed by atoms with E-state index < -0.39 is 5.91 Å². The van der Waals surface area contributed by atoms with Crippen molar-refractivity contribution >= 4 is 27.9 Å². The first kappa shape index (κ1) is 25.1. The second-order valence-corrected chi connectivity index (χ2v) is 8.67. The quantitative estimate of drug-likeness (QED) is 0.258. The van der Waals surface area contributed by atoms with Gasteiger partial charge in [-0.15, -0.1) is 0 Å². The first-order valence-corrected chi connectivity index (χ1v) is 11.8. The molecule has 0 aliphatic rings. The van der Waals surface area contributed by atoms with Crippen molar-refractivity contribution in [2.45, 2.75) is 33.4 Å². The van der Waals surface area contributed by atoms with Crippen molar-refractivity contribution in [3.8, 4) is 17.6 Å². The summed E-state index contributed by atoms with van der Waals surface area (Å²) in [5, 5.41) is 12.5. The summed E-state index contributed by atoms with van der Waals surface area (Å²) in [6.07, 6.45) is 1.55. The van der Waals surface area contributed by atoms with Crippen LogP contribution in [-0.4, -0.2) is 12.5 Å². The van der Waals surface area contributed by atoms with Gasteiger partial charge in [-0.25, -0.2) is 0 Å². The van der Waals surface area contributed by atoms with Gasteiger partial charge in [0.25, 0.3) is 5.91 Å². The minimum atomic E-state index is -0.437. The SMILES string of the molecule is CCOc1cc(/C=C(/C#N)C(=O)N[C@H](C)c2ccccc2)cc(Br)c1OCc1cccc(C)c1. The van der Waals surface area contributed by atoms with Crippen molar-refractivity contribution in [1.82, 2.24) is 5.32 Å². The fraction of sp³-hybridized carbons (Fsp3) is 0.214. The van der Waals surface area contributed by atoms with Crippen molar-refractivity contribution in [3.05, 3.63) is 99.0 Å². The van der Waals surface area contributed by atoms with E-state index in [4.69, 9.17) is 9.47 Å². The first-order chi connectivity index (χ1) is 16.4. The van der Waals surface area contributed by atoms with E-state index in [2.05, 4.69) is 27.3 Å². The number of amides is 1. The molecule has 0 heterocycles. The summed E-state index contributed by atoms with van der Waals surface area (Å²) in [6.45, 7) is 6.64. The number of rotatable bonds is 9. The summed E-state index contributed by atoms with van der Waals surface area (Å²) >= 11 is 3.56. The summed E-state index contributed by atoms with van der Waals surface area (Å²) in [5.41, 5.74) is 3.83. The average Bonchev–Trinajstić information content (AvgIpc) is 2.82. The Morgan fingerprint density at radius 2 is 1.88 bits per heavy atom. The maximum Gasteiger partial charge on any atom is 0.262 e. The summed E-state index contributed by atoms with van der Waals surface area (Å²) in [5.74, 6) is 0.667. The van der Waals surface area contributed by atoms with E-state index in [0.717, 1.165) is 16.7 Å². The largest absolute Gasteiger partial charge is 0.490 e. The van der Waals surface area contributed by atoms with E-state index in [1.807, 2.05) is 75.4 Å². The van der Waals surface area contributed by atoms with Gasteiger partial charge in [-0.2, -0.15) is 5.26 Å². The molecule has 0 aliphatic carbocycles. The molecule has 1 amide bonds. The topological polar surface area (TPSA) is 71.3 Å². The van der Waals surface area contributed by atoms with Crippen LogP contribution >= 0.6 is 15.9 Å². The van der Waals surface area contributed by atoms with Gasteiger partial charge in [-0.1, -0.05) is 60.2 Å². The van der Waals surface area contributed by atoms with Crippen LogP contribution in [0.2, 0.25) is 0 Å². The third-order valence-electron chi connectivity index (χ3n) is 5.12. The van der Waals surface area contributed by atoms with Gasteiger partial charge in [-0.3, -0.25) is 4.79 Å². The maximum atomic E-state index is 12.7. The summed E-state index contributed by atoms with van der Waals surface area (Å²) in [7, 11) is 0. The summed E-state index contributed by atoms with van der Waals surface area (Å²) in [6, 6.07) is 23.1. The zero-order chi connectivity index (χ0) is 24.5. The molecule has 1 N–H and O–H groups in total. The highest BCUT2D eigenvalue weighted by Crippen LogP contribution is 2.38. The molecule has 0 unspecified atom stereocenters. The Morgan fingerprint density at radius 1 is 1.12 bits per heavy atom. The lowest BCUT2D eigenvalue weighted by Crippen LogP contribution is -2.27. The molecule has 3 rings (SSSR count). The Kier molecular flexibility index (Phi) is 8.89. The predicted octanol–water partition coefficient (Wildman–Crippen LogP) is 6.52. The van der Waals surface area contributed by atoms with E-state index in [1.54, 1.807) is 18.2 Å². The van der Waals surface area contributed by atoms with Crippen LogP contribution < -0.4 is 14.8 Å². The van der Waals surface area contributed by atoms with Crippen LogP contribution in [0, 0.1) is 18.3 Å². The second kappa shape index (κ2) is 12.1. The number of benzene rings is 3. The number of nitrogens with zero attached hydrogens (tertiary/aromatic N) is 1. The lowest BCUT2D eigenvalue weighted by molar-refractivity contribution is -0.117. The Labute approximate surface area is 209 Å². The van der Waals surface area contributed by atoms with E-state index in [0.29, 0.717) is 34.7 Å². The van der Waals surface area contributed by atoms with Gasteiger partial charge in [0, 0.05) is 0 Å². The lowest BCUT2D eigenvalue weighted by Gasteiger charge is -2.16. The maximum absolute atomic E-state index is 12.7. The van der Waals surface area contributed by atoms with Crippen LogP contribution in [0.25, 0.3) is 6.08 Å². The van der Waals surface area contributed by atoms with Crippen LogP contribution in [0.15, 0.2) is 76.8 Å². The Morgan fingerprint density at radius 3 is 2.56 bits per heavy atom. The van der Waals surface area contributed by atoms with Gasteiger partial charge in [0.1, 0.15) is 18.2 Å². The van der Waals surface area contributed by atoms with Gasteiger partial charge in [0.05, 0.1) is 17.1 Å². The molecular formula is C28H27BrN2O3. The number of nitriles is 1. The fourth-order valence-corrected chi connectivity index (χ4v) is 4.02. The molecule has 6 heteroatoms. The molecule has 0 saturated heterocycles. The molecule has 3 aromatic rings. The third kappa shape index (κ3) is 6.72. The van der Waals surface area contributed by atoms with E-state index in [9.17, 15) is 10.1 Å². The van der Waals surface area contributed by atoms with Crippen LogP contribution in [0.1, 0.15) is 42.1 Å². The number of aryl methyl sites for hydroxylation is 1. The molecule has 0 bridgehead atoms. The zero-order valence-corrected chi connectivity index (χ0v) is 21.1. The van der Waals surface area contributed by atoms with Crippen molar-refractivity contribution in [2.24, 2.45) is 0 Å². The standard InChI is InChI=1S/C28H27BrN2O3/c1-4-33-26-16-22(15-25(29)27(26)34-18-21-10-8-9-19(2)13-21)14-24(17-30)28(32)31-20(3)23-11-6-5-7-12-23/h5-16,20H,4,18H2,1-3H3,(H,31,32)/b24-14-/t20-/m1/s1. The molecule has 0 aromatic heterocycles. The number of nitrogens with one attached hydrogen (secondary N) is 1. The molecule has 3 aromatic carbocycles. The highest BCUT2D eigenvalue weighted by atomic mass is 79.9. The average molecular weight is 519 g/mol. The molecule has 0 aliphatic heterocycles. The van der Waals surface area contributed by atoms with Crippen molar-refractivity contribution < 1.29 is 14.3 Å². The summed E-state index contributed by atoms with van der Waals surface area (Å²) < 4.78 is 12.5. The van der Waals surface area contributed by atoms with E-state index in [-0.39, 0.29) is 11.6 Å². The number of carbonyl (C=O) groups excluding carboxylic acids is 1. The lowest BCUT2D eigenvalue weighted by atomic mass is 10.1. The third-order valence-corrected chi connectivity index (χ3v) is 5.71. The molecule has 0 saturated carbocycles. The Balaban J connectivity index is 1.82. The number of halogens is 1. The zero-order valence-electron chi connectivity index (χ0n) is 19.5. The summed E-state index contributed by atoms with van der Waals surface area (Å²) in [4.78, 5) is 12.7. The molecule has 5 nitrogen and oxygen atoms in total. The normalized spacial score (nSPS) is 11.9. The molecule has 0 fully saturated rings.